The molecule has 5 nitrogen and oxygen atoms in total. The van der Waals surface area contributed by atoms with E-state index in [-0.39, 0.29) is 24.2 Å². The summed E-state index contributed by atoms with van der Waals surface area (Å²) in [5, 5.41) is 6.33. The molecule has 1 aliphatic rings. The van der Waals surface area contributed by atoms with E-state index in [0.29, 0.717) is 29.2 Å². The second-order valence-corrected chi connectivity index (χ2v) is 7.21. The minimum atomic E-state index is -0.280. The molecule has 1 saturated heterocycles. The van der Waals surface area contributed by atoms with Crippen LogP contribution >= 0.6 is 11.6 Å². The first-order valence-corrected chi connectivity index (χ1v) is 9.74. The highest BCUT2D eigenvalue weighted by Gasteiger charge is 2.22. The molecule has 0 spiro atoms. The smallest absolute Gasteiger partial charge is 0.255 e. The predicted molar refractivity (Wildman–Crippen MR) is 108 cm³/mol. The fraction of sp³-hybridized carbons (Fsp3) is 0.333. The zero-order chi connectivity index (χ0) is 19.9. The van der Waals surface area contributed by atoms with Gasteiger partial charge in [-0.2, -0.15) is 0 Å². The van der Waals surface area contributed by atoms with E-state index >= 15 is 0 Å². The van der Waals surface area contributed by atoms with Gasteiger partial charge in [0, 0.05) is 30.3 Å². The summed E-state index contributed by atoms with van der Waals surface area (Å²) in [6.45, 7) is 1.99. The maximum absolute atomic E-state index is 12.9. The van der Waals surface area contributed by atoms with Gasteiger partial charge in [-0.25, -0.2) is 4.39 Å². The summed E-state index contributed by atoms with van der Waals surface area (Å²) < 4.78 is 12.9. The Morgan fingerprint density at radius 2 is 1.79 bits per heavy atom. The Bertz CT molecular complexity index is 836. The summed E-state index contributed by atoms with van der Waals surface area (Å²) in [7, 11) is 0. The molecule has 0 aromatic heterocycles. The summed E-state index contributed by atoms with van der Waals surface area (Å²) in [5.74, 6) is -0.521. The topological polar surface area (TPSA) is 61.4 Å². The number of anilines is 1. The van der Waals surface area contributed by atoms with Gasteiger partial charge >= 0.3 is 0 Å². The lowest BCUT2D eigenvalue weighted by atomic mass is 10.1. The second-order valence-electron chi connectivity index (χ2n) is 6.77. The second kappa shape index (κ2) is 9.55. The van der Waals surface area contributed by atoms with Gasteiger partial charge in [0.05, 0.1) is 12.1 Å². The maximum Gasteiger partial charge on any atom is 0.255 e. The number of nitrogens with zero attached hydrogens (tertiary/aromatic N) is 1. The molecular formula is C21H23ClFN3O2. The maximum atomic E-state index is 12.9. The van der Waals surface area contributed by atoms with Gasteiger partial charge < -0.3 is 15.5 Å². The number of hydrogen-bond donors (Lipinski definition) is 2. The lowest BCUT2D eigenvalue weighted by Crippen LogP contribution is -2.32. The third-order valence-electron chi connectivity index (χ3n) is 4.69. The van der Waals surface area contributed by atoms with E-state index in [2.05, 4.69) is 10.6 Å². The molecule has 0 radical (unpaired) electrons. The fourth-order valence-electron chi connectivity index (χ4n) is 3.18. The van der Waals surface area contributed by atoms with E-state index in [9.17, 15) is 14.0 Å². The van der Waals surface area contributed by atoms with Crippen molar-refractivity contribution in [1.82, 2.24) is 10.2 Å². The highest BCUT2D eigenvalue weighted by molar-refractivity contribution is 6.31. The van der Waals surface area contributed by atoms with Crippen LogP contribution in [0.3, 0.4) is 0 Å². The van der Waals surface area contributed by atoms with Gasteiger partial charge in [-0.15, -0.1) is 0 Å². The summed E-state index contributed by atoms with van der Waals surface area (Å²) in [6, 6.07) is 11.2. The first kappa shape index (κ1) is 20.1. The Labute approximate surface area is 168 Å². The van der Waals surface area contributed by atoms with Crippen LogP contribution in [0.2, 0.25) is 5.02 Å². The Morgan fingerprint density at radius 3 is 2.50 bits per heavy atom. The number of carbonyl (C=O) groups is 2. The van der Waals surface area contributed by atoms with Gasteiger partial charge in [-0.1, -0.05) is 23.7 Å². The zero-order valence-corrected chi connectivity index (χ0v) is 16.3. The van der Waals surface area contributed by atoms with E-state index < -0.39 is 0 Å². The summed E-state index contributed by atoms with van der Waals surface area (Å²) in [4.78, 5) is 26.6. The fourth-order valence-corrected chi connectivity index (χ4v) is 3.35. The first-order valence-electron chi connectivity index (χ1n) is 9.37. The zero-order valence-electron chi connectivity index (χ0n) is 15.5. The lowest BCUT2D eigenvalue weighted by Gasteiger charge is -2.18. The molecule has 1 aliphatic heterocycles. The van der Waals surface area contributed by atoms with Crippen molar-refractivity contribution in [2.75, 3.05) is 31.5 Å². The third kappa shape index (κ3) is 5.45. The van der Waals surface area contributed by atoms with Gasteiger partial charge in [0.1, 0.15) is 5.82 Å². The standard InChI is InChI=1S/C21H23ClFN3O2/c22-16-5-8-18(21(28)26-11-1-2-12-26)19(13-16)25-14-20(27)24-10-9-15-3-6-17(23)7-4-15/h3-8,13,25H,1-2,9-12,14H2,(H,24,27). The average molecular weight is 404 g/mol. The normalized spacial score (nSPS) is 13.4. The highest BCUT2D eigenvalue weighted by Crippen LogP contribution is 2.24. The van der Waals surface area contributed by atoms with Gasteiger partial charge in [-0.3, -0.25) is 9.59 Å². The van der Waals surface area contributed by atoms with Gasteiger partial charge in [0.25, 0.3) is 5.91 Å². The molecule has 7 heteroatoms. The molecule has 0 aliphatic carbocycles. The Kier molecular flexibility index (Phi) is 6.87. The Balaban J connectivity index is 1.53. The van der Waals surface area contributed by atoms with E-state index in [4.69, 9.17) is 11.6 Å². The van der Waals surface area contributed by atoms with Crippen molar-refractivity contribution in [1.29, 1.82) is 0 Å². The molecule has 2 aromatic carbocycles. The van der Waals surface area contributed by atoms with Crippen molar-refractivity contribution in [2.45, 2.75) is 19.3 Å². The summed E-state index contributed by atoms with van der Waals surface area (Å²) in [6.07, 6.45) is 2.64. The molecule has 28 heavy (non-hydrogen) atoms. The van der Waals surface area contributed by atoms with Crippen molar-refractivity contribution in [3.8, 4) is 0 Å². The molecule has 0 saturated carbocycles. The molecule has 3 rings (SSSR count). The van der Waals surface area contributed by atoms with Crippen LogP contribution in [-0.4, -0.2) is 42.9 Å². The van der Waals surface area contributed by atoms with Crippen molar-refractivity contribution in [2.24, 2.45) is 0 Å². The lowest BCUT2D eigenvalue weighted by molar-refractivity contribution is -0.119. The summed E-state index contributed by atoms with van der Waals surface area (Å²) >= 11 is 6.07. The SMILES string of the molecule is O=C(CNc1cc(Cl)ccc1C(=O)N1CCCC1)NCCc1ccc(F)cc1. The molecule has 2 amide bonds. The van der Waals surface area contributed by atoms with E-state index in [0.717, 1.165) is 31.5 Å². The Hall–Kier alpha value is -2.60. The van der Waals surface area contributed by atoms with Crippen LogP contribution in [0.4, 0.5) is 10.1 Å². The molecule has 1 heterocycles. The van der Waals surface area contributed by atoms with Crippen LogP contribution in [0, 0.1) is 5.82 Å². The van der Waals surface area contributed by atoms with Crippen molar-refractivity contribution in [3.63, 3.8) is 0 Å². The number of halogens is 2. The van der Waals surface area contributed by atoms with Crippen molar-refractivity contribution >= 4 is 29.1 Å². The number of benzene rings is 2. The molecule has 2 N–H and O–H groups in total. The highest BCUT2D eigenvalue weighted by atomic mass is 35.5. The minimum Gasteiger partial charge on any atom is -0.375 e. The number of hydrogen-bond acceptors (Lipinski definition) is 3. The van der Waals surface area contributed by atoms with Crippen LogP contribution in [0.25, 0.3) is 0 Å². The van der Waals surface area contributed by atoms with E-state index in [1.807, 2.05) is 4.90 Å². The van der Waals surface area contributed by atoms with Crippen LogP contribution < -0.4 is 10.6 Å². The third-order valence-corrected chi connectivity index (χ3v) is 4.93. The van der Waals surface area contributed by atoms with Crippen molar-refractivity contribution in [3.05, 3.63) is 64.4 Å². The number of nitrogens with one attached hydrogen (secondary N) is 2. The van der Waals surface area contributed by atoms with Gasteiger partial charge in [0.15, 0.2) is 0 Å². The number of likely N-dealkylation sites (tertiary alicyclic amines) is 1. The number of amides is 2. The average Bonchev–Trinajstić information content (AvgIpc) is 3.22. The molecule has 0 bridgehead atoms. The monoisotopic (exact) mass is 403 g/mol. The molecular weight excluding hydrogens is 381 g/mol. The minimum absolute atomic E-state index is 0.0318. The number of carbonyl (C=O) groups excluding carboxylic acids is 2. The predicted octanol–water partition coefficient (Wildman–Crippen LogP) is 3.49. The van der Waals surface area contributed by atoms with Crippen LogP contribution in [-0.2, 0) is 11.2 Å². The van der Waals surface area contributed by atoms with Gasteiger partial charge in [-0.05, 0) is 55.2 Å². The molecule has 0 atom stereocenters. The van der Waals surface area contributed by atoms with Gasteiger partial charge in [0.2, 0.25) is 5.91 Å². The Morgan fingerprint density at radius 1 is 1.07 bits per heavy atom. The first-order chi connectivity index (χ1) is 13.5. The molecule has 2 aromatic rings. The molecule has 148 valence electrons. The molecule has 1 fully saturated rings. The van der Waals surface area contributed by atoms with Crippen LogP contribution in [0.15, 0.2) is 42.5 Å². The quantitative estimate of drug-likeness (QED) is 0.744. The van der Waals surface area contributed by atoms with Crippen molar-refractivity contribution < 1.29 is 14.0 Å². The van der Waals surface area contributed by atoms with Crippen LogP contribution in [0.5, 0.6) is 0 Å². The van der Waals surface area contributed by atoms with Crippen LogP contribution in [0.1, 0.15) is 28.8 Å². The largest absolute Gasteiger partial charge is 0.375 e. The van der Waals surface area contributed by atoms with E-state index in [1.54, 1.807) is 30.3 Å². The molecule has 0 unspecified atom stereocenters. The number of rotatable bonds is 7. The summed E-state index contributed by atoms with van der Waals surface area (Å²) in [5.41, 5.74) is 2.02. The van der Waals surface area contributed by atoms with E-state index in [1.165, 1.54) is 12.1 Å².